The van der Waals surface area contributed by atoms with Gasteiger partial charge in [-0.05, 0) is 12.5 Å². The van der Waals surface area contributed by atoms with Gasteiger partial charge in [0.05, 0.1) is 6.61 Å². The van der Waals surface area contributed by atoms with Crippen LogP contribution in [0.25, 0.3) is 0 Å². The first-order chi connectivity index (χ1) is 7.69. The number of benzene rings is 1. The number of methoxy groups -OCH3 is 1. The molecule has 0 spiro atoms. The Bertz CT molecular complexity index is 353. The Morgan fingerprint density at radius 3 is 2.75 bits per heavy atom. The van der Waals surface area contributed by atoms with Gasteiger partial charge in [0.15, 0.2) is 0 Å². The van der Waals surface area contributed by atoms with Crippen LogP contribution in [0.5, 0.6) is 0 Å². The molecule has 88 valence electrons. The van der Waals surface area contributed by atoms with E-state index in [1.807, 2.05) is 31.2 Å². The minimum absolute atomic E-state index is 0.335. The first-order valence-corrected chi connectivity index (χ1v) is 5.31. The number of rotatable bonds is 6. The average molecular weight is 222 g/mol. The van der Waals surface area contributed by atoms with Crippen LogP contribution < -0.4 is 11.1 Å². The molecule has 1 aromatic carbocycles. The summed E-state index contributed by atoms with van der Waals surface area (Å²) in [5.41, 5.74) is 7.20. The molecule has 0 aliphatic carbocycles. The zero-order valence-electron chi connectivity index (χ0n) is 9.69. The molecule has 0 aliphatic heterocycles. The van der Waals surface area contributed by atoms with Crippen molar-refractivity contribution in [2.75, 3.05) is 12.4 Å². The summed E-state index contributed by atoms with van der Waals surface area (Å²) in [6.07, 6.45) is 0.663. The van der Waals surface area contributed by atoms with Crippen molar-refractivity contribution in [2.45, 2.75) is 26.0 Å². The van der Waals surface area contributed by atoms with Crippen molar-refractivity contribution in [1.82, 2.24) is 0 Å². The molecule has 0 bridgehead atoms. The zero-order chi connectivity index (χ0) is 12.0. The second-order valence-electron chi connectivity index (χ2n) is 3.60. The average Bonchev–Trinajstić information content (AvgIpc) is 2.27. The van der Waals surface area contributed by atoms with E-state index in [0.29, 0.717) is 13.0 Å². The van der Waals surface area contributed by atoms with Crippen LogP contribution in [-0.2, 0) is 16.1 Å². The van der Waals surface area contributed by atoms with Gasteiger partial charge in [0, 0.05) is 18.4 Å². The summed E-state index contributed by atoms with van der Waals surface area (Å²) >= 11 is 0. The van der Waals surface area contributed by atoms with Crippen LogP contribution in [-0.4, -0.2) is 19.1 Å². The van der Waals surface area contributed by atoms with Gasteiger partial charge in [0.2, 0.25) is 5.91 Å². The molecule has 1 unspecified atom stereocenters. The van der Waals surface area contributed by atoms with Crippen molar-refractivity contribution in [2.24, 2.45) is 5.73 Å². The van der Waals surface area contributed by atoms with E-state index in [1.165, 1.54) is 0 Å². The molecule has 1 amide bonds. The summed E-state index contributed by atoms with van der Waals surface area (Å²) in [6, 6.07) is 7.39. The fourth-order valence-corrected chi connectivity index (χ4v) is 1.50. The summed E-state index contributed by atoms with van der Waals surface area (Å²) in [6.45, 7) is 2.43. The van der Waals surface area contributed by atoms with Gasteiger partial charge in [0.1, 0.15) is 6.04 Å². The van der Waals surface area contributed by atoms with Gasteiger partial charge < -0.3 is 15.8 Å². The fourth-order valence-electron chi connectivity index (χ4n) is 1.50. The molecule has 1 rings (SSSR count). The van der Waals surface area contributed by atoms with E-state index in [4.69, 9.17) is 10.5 Å². The fraction of sp³-hybridized carbons (Fsp3) is 0.417. The lowest BCUT2D eigenvalue weighted by molar-refractivity contribution is -0.118. The Kier molecular flexibility index (Phi) is 4.79. The standard InChI is InChI=1S/C12H18N2O2/c1-3-10(12(13)15)14-11-7-5-4-6-9(11)8-16-2/h4-7,10,14H,3,8H2,1-2H3,(H2,13,15). The Balaban J connectivity index is 2.82. The number of primary amides is 1. The molecule has 0 radical (unpaired) electrons. The molecule has 0 aromatic heterocycles. The number of hydrogen-bond acceptors (Lipinski definition) is 3. The molecule has 0 saturated heterocycles. The van der Waals surface area contributed by atoms with Crippen LogP contribution in [0.2, 0.25) is 0 Å². The Hall–Kier alpha value is -1.55. The van der Waals surface area contributed by atoms with Crippen molar-refractivity contribution in [1.29, 1.82) is 0 Å². The van der Waals surface area contributed by atoms with Crippen molar-refractivity contribution in [3.63, 3.8) is 0 Å². The first-order valence-electron chi connectivity index (χ1n) is 5.31. The van der Waals surface area contributed by atoms with Crippen LogP contribution in [0, 0.1) is 0 Å². The summed E-state index contributed by atoms with van der Waals surface area (Å²) in [5.74, 6) is -0.338. The maximum absolute atomic E-state index is 11.1. The molecular formula is C12H18N2O2. The van der Waals surface area contributed by atoms with E-state index in [0.717, 1.165) is 11.3 Å². The van der Waals surface area contributed by atoms with Crippen LogP contribution >= 0.6 is 0 Å². The largest absolute Gasteiger partial charge is 0.380 e. The highest BCUT2D eigenvalue weighted by atomic mass is 16.5. The van der Waals surface area contributed by atoms with Crippen molar-refractivity contribution in [3.05, 3.63) is 29.8 Å². The van der Waals surface area contributed by atoms with Crippen molar-refractivity contribution >= 4 is 11.6 Å². The quantitative estimate of drug-likeness (QED) is 0.766. The maximum atomic E-state index is 11.1. The van der Waals surface area contributed by atoms with Crippen LogP contribution in [0.3, 0.4) is 0 Å². The van der Waals surface area contributed by atoms with E-state index >= 15 is 0 Å². The molecule has 0 heterocycles. The normalized spacial score (nSPS) is 12.1. The Morgan fingerprint density at radius 1 is 1.50 bits per heavy atom. The summed E-state index contributed by atoms with van der Waals surface area (Å²) in [7, 11) is 1.64. The first kappa shape index (κ1) is 12.5. The van der Waals surface area contributed by atoms with Gasteiger partial charge in [-0.25, -0.2) is 0 Å². The van der Waals surface area contributed by atoms with Crippen molar-refractivity contribution < 1.29 is 9.53 Å². The van der Waals surface area contributed by atoms with E-state index < -0.39 is 0 Å². The third-order valence-corrected chi connectivity index (χ3v) is 2.40. The minimum atomic E-state index is -0.338. The van der Waals surface area contributed by atoms with Crippen molar-refractivity contribution in [3.8, 4) is 0 Å². The monoisotopic (exact) mass is 222 g/mol. The number of carbonyl (C=O) groups excluding carboxylic acids is 1. The second kappa shape index (κ2) is 6.12. The van der Waals surface area contributed by atoms with E-state index in [2.05, 4.69) is 5.32 Å². The lowest BCUT2D eigenvalue weighted by atomic mass is 10.1. The van der Waals surface area contributed by atoms with E-state index in [-0.39, 0.29) is 11.9 Å². The lowest BCUT2D eigenvalue weighted by Gasteiger charge is -2.17. The number of anilines is 1. The smallest absolute Gasteiger partial charge is 0.239 e. The molecule has 1 aromatic rings. The number of hydrogen-bond donors (Lipinski definition) is 2. The number of ether oxygens (including phenoxy) is 1. The van der Waals surface area contributed by atoms with Gasteiger partial charge in [-0.1, -0.05) is 25.1 Å². The molecular weight excluding hydrogens is 204 g/mol. The SMILES string of the molecule is CCC(Nc1ccccc1COC)C(N)=O. The predicted octanol–water partition coefficient (Wildman–Crippen LogP) is 1.51. The summed E-state index contributed by atoms with van der Waals surface area (Å²) < 4.78 is 5.09. The molecule has 4 heteroatoms. The molecule has 3 N–H and O–H groups in total. The molecule has 4 nitrogen and oxygen atoms in total. The molecule has 1 atom stereocenters. The number of carbonyl (C=O) groups is 1. The van der Waals surface area contributed by atoms with Crippen LogP contribution in [0.15, 0.2) is 24.3 Å². The summed E-state index contributed by atoms with van der Waals surface area (Å²) in [5, 5.41) is 3.13. The Labute approximate surface area is 95.8 Å². The van der Waals surface area contributed by atoms with Gasteiger partial charge >= 0.3 is 0 Å². The minimum Gasteiger partial charge on any atom is -0.380 e. The van der Waals surface area contributed by atoms with Gasteiger partial charge in [0.25, 0.3) is 0 Å². The number of nitrogens with two attached hydrogens (primary N) is 1. The van der Waals surface area contributed by atoms with Gasteiger partial charge in [-0.3, -0.25) is 4.79 Å². The van der Waals surface area contributed by atoms with E-state index in [1.54, 1.807) is 7.11 Å². The highest BCUT2D eigenvalue weighted by Crippen LogP contribution is 2.17. The molecule has 0 aliphatic rings. The lowest BCUT2D eigenvalue weighted by Crippen LogP contribution is -2.35. The third kappa shape index (κ3) is 3.24. The van der Waals surface area contributed by atoms with Gasteiger partial charge in [-0.15, -0.1) is 0 Å². The molecule has 0 saturated carbocycles. The predicted molar refractivity (Wildman–Crippen MR) is 64.1 cm³/mol. The number of nitrogens with one attached hydrogen (secondary N) is 1. The van der Waals surface area contributed by atoms with Gasteiger partial charge in [-0.2, -0.15) is 0 Å². The zero-order valence-corrected chi connectivity index (χ0v) is 9.69. The van der Waals surface area contributed by atoms with E-state index in [9.17, 15) is 4.79 Å². The summed E-state index contributed by atoms with van der Waals surface area (Å²) in [4.78, 5) is 11.1. The van der Waals surface area contributed by atoms with Crippen LogP contribution in [0.4, 0.5) is 5.69 Å². The second-order valence-corrected chi connectivity index (χ2v) is 3.60. The topological polar surface area (TPSA) is 64.3 Å². The van der Waals surface area contributed by atoms with Crippen LogP contribution in [0.1, 0.15) is 18.9 Å². The highest BCUT2D eigenvalue weighted by molar-refractivity contribution is 5.83. The highest BCUT2D eigenvalue weighted by Gasteiger charge is 2.13. The molecule has 16 heavy (non-hydrogen) atoms. The number of amides is 1. The molecule has 0 fully saturated rings. The number of para-hydroxylation sites is 1. The maximum Gasteiger partial charge on any atom is 0.239 e. The third-order valence-electron chi connectivity index (χ3n) is 2.40. The Morgan fingerprint density at radius 2 is 2.19 bits per heavy atom.